The van der Waals surface area contributed by atoms with E-state index in [1.165, 1.54) is 20.0 Å². The largest absolute Gasteiger partial charge is 0.453 e. The molecule has 2 atom stereocenters. The summed E-state index contributed by atoms with van der Waals surface area (Å²) < 4.78 is 4.59. The summed E-state index contributed by atoms with van der Waals surface area (Å²) in [6.45, 7) is 1.19. The van der Waals surface area contributed by atoms with Crippen molar-refractivity contribution in [2.75, 3.05) is 20.2 Å². The predicted octanol–water partition coefficient (Wildman–Crippen LogP) is 0.912. The van der Waals surface area contributed by atoms with Crippen molar-refractivity contribution in [2.24, 2.45) is 17.6 Å². The standard InChI is InChI=1S/C12H21N3O3/c1-18-12(17)14-10-5-9(4-8-2-3-8)6-15(7-10)11(13)16/h8-10H,2-7H2,1H3,(H2,13,16)(H,14,17). The maximum Gasteiger partial charge on any atom is 0.407 e. The smallest absolute Gasteiger partial charge is 0.407 e. The summed E-state index contributed by atoms with van der Waals surface area (Å²) >= 11 is 0. The fraction of sp³-hybridized carbons (Fsp3) is 0.833. The molecule has 3 amide bonds. The molecule has 6 heteroatoms. The molecule has 2 rings (SSSR count). The molecule has 2 aliphatic rings. The lowest BCUT2D eigenvalue weighted by Crippen LogP contribution is -2.54. The quantitative estimate of drug-likeness (QED) is 0.786. The fourth-order valence-electron chi connectivity index (χ4n) is 2.71. The van der Waals surface area contributed by atoms with Crippen LogP contribution in [0.2, 0.25) is 0 Å². The van der Waals surface area contributed by atoms with Gasteiger partial charge in [0.15, 0.2) is 0 Å². The third-order valence-corrected chi connectivity index (χ3v) is 3.72. The van der Waals surface area contributed by atoms with Crippen LogP contribution in [0.3, 0.4) is 0 Å². The number of primary amides is 1. The van der Waals surface area contributed by atoms with Gasteiger partial charge in [-0.2, -0.15) is 0 Å². The molecule has 3 N–H and O–H groups in total. The van der Waals surface area contributed by atoms with E-state index in [1.807, 2.05) is 0 Å². The highest BCUT2D eigenvalue weighted by Crippen LogP contribution is 2.37. The van der Waals surface area contributed by atoms with Gasteiger partial charge in [0.2, 0.25) is 0 Å². The van der Waals surface area contributed by atoms with E-state index >= 15 is 0 Å². The molecule has 18 heavy (non-hydrogen) atoms. The first-order valence-electron chi connectivity index (χ1n) is 6.47. The van der Waals surface area contributed by atoms with Gasteiger partial charge >= 0.3 is 12.1 Å². The molecule has 1 heterocycles. The molecule has 0 spiro atoms. The third-order valence-electron chi connectivity index (χ3n) is 3.72. The van der Waals surface area contributed by atoms with Crippen molar-refractivity contribution < 1.29 is 14.3 Å². The number of alkyl carbamates (subject to hydrolysis) is 1. The topological polar surface area (TPSA) is 84.7 Å². The Balaban J connectivity index is 1.91. The normalized spacial score (nSPS) is 27.7. The van der Waals surface area contributed by atoms with E-state index in [9.17, 15) is 9.59 Å². The Hall–Kier alpha value is -1.46. The molecule has 1 aliphatic heterocycles. The number of nitrogens with zero attached hydrogens (tertiary/aromatic N) is 1. The first kappa shape index (κ1) is 13.0. The van der Waals surface area contributed by atoms with E-state index in [0.717, 1.165) is 18.8 Å². The average molecular weight is 255 g/mol. The molecular weight excluding hydrogens is 234 g/mol. The maximum atomic E-state index is 11.3. The zero-order valence-electron chi connectivity index (χ0n) is 10.7. The Morgan fingerprint density at radius 3 is 2.61 bits per heavy atom. The van der Waals surface area contributed by atoms with Gasteiger partial charge in [-0.1, -0.05) is 12.8 Å². The van der Waals surface area contributed by atoms with Crippen LogP contribution in [0.1, 0.15) is 25.7 Å². The molecule has 2 unspecified atom stereocenters. The Bertz CT molecular complexity index is 331. The Morgan fingerprint density at radius 1 is 1.33 bits per heavy atom. The molecule has 102 valence electrons. The van der Waals surface area contributed by atoms with Gasteiger partial charge in [0.25, 0.3) is 0 Å². The maximum absolute atomic E-state index is 11.3. The first-order valence-corrected chi connectivity index (χ1v) is 6.47. The number of amides is 3. The van der Waals surface area contributed by atoms with Gasteiger partial charge in [0.1, 0.15) is 0 Å². The van der Waals surface area contributed by atoms with E-state index in [0.29, 0.717) is 19.0 Å². The van der Waals surface area contributed by atoms with Gasteiger partial charge in [0.05, 0.1) is 13.2 Å². The number of nitrogens with two attached hydrogens (primary N) is 1. The minimum Gasteiger partial charge on any atom is -0.453 e. The lowest BCUT2D eigenvalue weighted by Gasteiger charge is -2.37. The molecule has 0 bridgehead atoms. The number of nitrogens with one attached hydrogen (secondary N) is 1. The van der Waals surface area contributed by atoms with Crippen LogP contribution in [0, 0.1) is 11.8 Å². The van der Waals surface area contributed by atoms with Crippen LogP contribution in [0.5, 0.6) is 0 Å². The Morgan fingerprint density at radius 2 is 2.06 bits per heavy atom. The zero-order chi connectivity index (χ0) is 13.1. The van der Waals surface area contributed by atoms with Gasteiger partial charge in [-0.3, -0.25) is 0 Å². The number of carbonyl (C=O) groups is 2. The van der Waals surface area contributed by atoms with Crippen LogP contribution >= 0.6 is 0 Å². The first-order chi connectivity index (χ1) is 8.58. The lowest BCUT2D eigenvalue weighted by molar-refractivity contribution is 0.131. The zero-order valence-corrected chi connectivity index (χ0v) is 10.7. The van der Waals surface area contributed by atoms with E-state index in [4.69, 9.17) is 5.73 Å². The van der Waals surface area contributed by atoms with Crippen molar-refractivity contribution in [2.45, 2.75) is 31.7 Å². The van der Waals surface area contributed by atoms with Crippen LogP contribution in [0.15, 0.2) is 0 Å². The minimum absolute atomic E-state index is 0.0533. The number of urea groups is 1. The number of methoxy groups -OCH3 is 1. The second-order valence-corrected chi connectivity index (χ2v) is 5.36. The number of likely N-dealkylation sites (tertiary alicyclic amines) is 1. The molecule has 0 radical (unpaired) electrons. The summed E-state index contributed by atoms with van der Waals surface area (Å²) in [5.74, 6) is 1.24. The number of carbonyl (C=O) groups excluding carboxylic acids is 2. The second-order valence-electron chi connectivity index (χ2n) is 5.36. The number of piperidine rings is 1. The SMILES string of the molecule is COC(=O)NC1CC(CC2CC2)CN(C(N)=O)C1. The van der Waals surface area contributed by atoms with Gasteiger partial charge in [-0.05, 0) is 24.7 Å². The molecule has 0 aromatic rings. The van der Waals surface area contributed by atoms with E-state index in [2.05, 4.69) is 10.1 Å². The number of ether oxygens (including phenoxy) is 1. The van der Waals surface area contributed by atoms with Crippen LogP contribution in [0.25, 0.3) is 0 Å². The molecule has 0 aromatic heterocycles. The van der Waals surface area contributed by atoms with Crippen LogP contribution in [-0.2, 0) is 4.74 Å². The molecule has 0 aromatic carbocycles. The number of hydrogen-bond donors (Lipinski definition) is 2. The number of rotatable bonds is 3. The van der Waals surface area contributed by atoms with Crippen molar-refractivity contribution in [3.05, 3.63) is 0 Å². The summed E-state index contributed by atoms with van der Waals surface area (Å²) in [5, 5.41) is 2.77. The summed E-state index contributed by atoms with van der Waals surface area (Å²) in [5.41, 5.74) is 5.34. The second kappa shape index (κ2) is 5.46. The van der Waals surface area contributed by atoms with Crippen molar-refractivity contribution in [1.29, 1.82) is 0 Å². The molecular formula is C12H21N3O3. The van der Waals surface area contributed by atoms with Crippen LogP contribution in [0.4, 0.5) is 9.59 Å². The molecule has 1 aliphatic carbocycles. The van der Waals surface area contributed by atoms with Gasteiger partial charge in [-0.15, -0.1) is 0 Å². The number of hydrogen-bond acceptors (Lipinski definition) is 3. The fourth-order valence-corrected chi connectivity index (χ4v) is 2.71. The average Bonchev–Trinajstić information content (AvgIpc) is 3.12. The van der Waals surface area contributed by atoms with Gasteiger partial charge < -0.3 is 20.7 Å². The Labute approximate surface area is 107 Å². The molecule has 1 saturated heterocycles. The van der Waals surface area contributed by atoms with Crippen LogP contribution < -0.4 is 11.1 Å². The van der Waals surface area contributed by atoms with E-state index in [1.54, 1.807) is 4.90 Å². The minimum atomic E-state index is -0.448. The van der Waals surface area contributed by atoms with Crippen molar-refractivity contribution in [3.8, 4) is 0 Å². The molecule has 2 fully saturated rings. The summed E-state index contributed by atoms with van der Waals surface area (Å²) in [7, 11) is 1.34. The third kappa shape index (κ3) is 3.51. The van der Waals surface area contributed by atoms with Crippen molar-refractivity contribution >= 4 is 12.1 Å². The monoisotopic (exact) mass is 255 g/mol. The highest BCUT2D eigenvalue weighted by Gasteiger charge is 2.33. The van der Waals surface area contributed by atoms with Crippen molar-refractivity contribution in [3.63, 3.8) is 0 Å². The Kier molecular flexibility index (Phi) is 3.93. The lowest BCUT2D eigenvalue weighted by atomic mass is 9.90. The summed E-state index contributed by atoms with van der Waals surface area (Å²) in [6.07, 6.45) is 4.17. The highest BCUT2D eigenvalue weighted by molar-refractivity contribution is 5.72. The van der Waals surface area contributed by atoms with Gasteiger partial charge in [-0.25, -0.2) is 9.59 Å². The van der Waals surface area contributed by atoms with Crippen LogP contribution in [-0.4, -0.2) is 43.3 Å². The molecule has 1 saturated carbocycles. The summed E-state index contributed by atoms with van der Waals surface area (Å²) in [4.78, 5) is 24.2. The molecule has 6 nitrogen and oxygen atoms in total. The predicted molar refractivity (Wildman–Crippen MR) is 65.9 cm³/mol. The van der Waals surface area contributed by atoms with E-state index < -0.39 is 12.1 Å². The van der Waals surface area contributed by atoms with E-state index in [-0.39, 0.29) is 6.04 Å². The van der Waals surface area contributed by atoms with Crippen molar-refractivity contribution in [1.82, 2.24) is 10.2 Å². The van der Waals surface area contributed by atoms with Gasteiger partial charge in [0, 0.05) is 13.1 Å². The summed E-state index contributed by atoms with van der Waals surface area (Å²) in [6, 6.07) is -0.463. The highest BCUT2D eigenvalue weighted by atomic mass is 16.5.